The van der Waals surface area contributed by atoms with Crippen molar-refractivity contribution in [2.24, 2.45) is 4.99 Å². The summed E-state index contributed by atoms with van der Waals surface area (Å²) >= 11 is 0. The number of nitrogens with one attached hydrogen (secondary N) is 1. The van der Waals surface area contributed by atoms with E-state index in [0.29, 0.717) is 11.3 Å². The van der Waals surface area contributed by atoms with Crippen LogP contribution in [0.2, 0.25) is 0 Å². The molecule has 0 fully saturated rings. The molecule has 17 heavy (non-hydrogen) atoms. The van der Waals surface area contributed by atoms with Crippen LogP contribution in [0.15, 0.2) is 23.2 Å². The normalized spacial score (nSPS) is 26.1. The summed E-state index contributed by atoms with van der Waals surface area (Å²) in [5, 5.41) is 3.23. The third kappa shape index (κ3) is 1.59. The molecule has 0 saturated heterocycles. The van der Waals surface area contributed by atoms with E-state index in [0.717, 1.165) is 25.3 Å². The fourth-order valence-electron chi connectivity index (χ4n) is 2.60. The highest BCUT2D eigenvalue weighted by atomic mass is 19.1. The molecular formula is C13H15FN2O. The van der Waals surface area contributed by atoms with Crippen molar-refractivity contribution in [1.29, 1.82) is 0 Å². The first-order valence-electron chi connectivity index (χ1n) is 6.04. The molecule has 0 aliphatic carbocycles. The zero-order valence-electron chi connectivity index (χ0n) is 9.74. The highest BCUT2D eigenvalue weighted by molar-refractivity contribution is 5.92. The van der Waals surface area contributed by atoms with Crippen LogP contribution in [0.25, 0.3) is 0 Å². The van der Waals surface area contributed by atoms with Gasteiger partial charge in [-0.15, -0.1) is 0 Å². The van der Waals surface area contributed by atoms with Crippen molar-refractivity contribution in [3.63, 3.8) is 0 Å². The van der Waals surface area contributed by atoms with E-state index in [2.05, 4.69) is 17.2 Å². The van der Waals surface area contributed by atoms with Gasteiger partial charge in [0, 0.05) is 12.1 Å². The highest BCUT2D eigenvalue weighted by Gasteiger charge is 2.39. The number of nitrogens with zero attached hydrogens (tertiary/aromatic N) is 1. The predicted octanol–water partition coefficient (Wildman–Crippen LogP) is 2.08. The average molecular weight is 234 g/mol. The van der Waals surface area contributed by atoms with Gasteiger partial charge >= 0.3 is 0 Å². The number of amidine groups is 1. The lowest BCUT2D eigenvalue weighted by Gasteiger charge is -2.18. The van der Waals surface area contributed by atoms with Crippen molar-refractivity contribution in [2.75, 3.05) is 13.1 Å². The number of aliphatic imine (C=N–C) groups is 1. The molecule has 3 nitrogen and oxygen atoms in total. The van der Waals surface area contributed by atoms with Crippen LogP contribution >= 0.6 is 0 Å². The number of hydrogen-bond acceptors (Lipinski definition) is 3. The molecule has 2 aliphatic rings. The molecule has 1 aromatic carbocycles. The highest BCUT2D eigenvalue weighted by Crippen LogP contribution is 2.41. The van der Waals surface area contributed by atoms with Gasteiger partial charge in [-0.3, -0.25) is 4.99 Å². The molecular weight excluding hydrogens is 219 g/mol. The number of fused-ring (bicyclic) bond motifs is 1. The second-order valence-electron chi connectivity index (χ2n) is 4.39. The third-order valence-corrected chi connectivity index (χ3v) is 3.37. The Morgan fingerprint density at radius 3 is 3.12 bits per heavy atom. The Morgan fingerprint density at radius 1 is 1.53 bits per heavy atom. The molecule has 2 heterocycles. The first kappa shape index (κ1) is 10.6. The van der Waals surface area contributed by atoms with Crippen LogP contribution in [0.4, 0.5) is 4.39 Å². The molecule has 0 radical (unpaired) electrons. The summed E-state index contributed by atoms with van der Waals surface area (Å²) in [6.07, 6.45) is 0.839. The summed E-state index contributed by atoms with van der Waals surface area (Å²) < 4.78 is 19.7. The Bertz CT molecular complexity index is 472. The van der Waals surface area contributed by atoms with Gasteiger partial charge in [0.2, 0.25) is 0 Å². The number of hydrogen-bond donors (Lipinski definition) is 1. The topological polar surface area (TPSA) is 33.6 Å². The van der Waals surface area contributed by atoms with Gasteiger partial charge in [-0.05, 0) is 18.6 Å². The molecule has 0 aromatic heterocycles. The van der Waals surface area contributed by atoms with E-state index in [9.17, 15) is 4.39 Å². The summed E-state index contributed by atoms with van der Waals surface area (Å²) in [7, 11) is 0. The van der Waals surface area contributed by atoms with Crippen LogP contribution in [0.3, 0.4) is 0 Å². The summed E-state index contributed by atoms with van der Waals surface area (Å²) in [5.74, 6) is 1.28. The fraction of sp³-hybridized carbons (Fsp3) is 0.462. The minimum absolute atomic E-state index is 0.00810. The Balaban J connectivity index is 2.06. The average Bonchev–Trinajstić information content (AvgIpc) is 2.95. The van der Waals surface area contributed by atoms with Crippen molar-refractivity contribution in [3.05, 3.63) is 29.6 Å². The van der Waals surface area contributed by atoms with Gasteiger partial charge < -0.3 is 10.1 Å². The molecule has 2 atom stereocenters. The SMILES string of the molecule is CCC1Oc2cccc(F)c2C1C1=NCCN1. The van der Waals surface area contributed by atoms with Gasteiger partial charge in [-0.1, -0.05) is 13.0 Å². The van der Waals surface area contributed by atoms with E-state index in [1.807, 2.05) is 6.07 Å². The maximum Gasteiger partial charge on any atom is 0.130 e. The zero-order valence-corrected chi connectivity index (χ0v) is 9.74. The van der Waals surface area contributed by atoms with E-state index in [1.54, 1.807) is 6.07 Å². The van der Waals surface area contributed by atoms with Crippen LogP contribution in [-0.2, 0) is 0 Å². The second-order valence-corrected chi connectivity index (χ2v) is 4.39. The van der Waals surface area contributed by atoms with Gasteiger partial charge in [-0.2, -0.15) is 0 Å². The number of halogens is 1. The first-order valence-corrected chi connectivity index (χ1v) is 6.04. The van der Waals surface area contributed by atoms with Crippen LogP contribution in [0, 0.1) is 5.82 Å². The fourth-order valence-corrected chi connectivity index (χ4v) is 2.60. The molecule has 3 rings (SSSR count). The van der Waals surface area contributed by atoms with Crippen molar-refractivity contribution in [1.82, 2.24) is 5.32 Å². The van der Waals surface area contributed by atoms with Crippen LogP contribution in [0.1, 0.15) is 24.8 Å². The van der Waals surface area contributed by atoms with Gasteiger partial charge in [0.05, 0.1) is 12.5 Å². The summed E-state index contributed by atoms with van der Waals surface area (Å²) in [6, 6.07) is 5.01. The minimum atomic E-state index is -0.195. The molecule has 1 aromatic rings. The Labute approximate surface area is 99.7 Å². The second kappa shape index (κ2) is 4.02. The lowest BCUT2D eigenvalue weighted by molar-refractivity contribution is 0.219. The molecule has 0 bridgehead atoms. The quantitative estimate of drug-likeness (QED) is 0.850. The number of benzene rings is 1. The van der Waals surface area contributed by atoms with Crippen molar-refractivity contribution < 1.29 is 9.13 Å². The molecule has 4 heteroatoms. The lowest BCUT2D eigenvalue weighted by atomic mass is 9.92. The minimum Gasteiger partial charge on any atom is -0.489 e. The van der Waals surface area contributed by atoms with E-state index >= 15 is 0 Å². The Hall–Kier alpha value is -1.58. The molecule has 90 valence electrons. The van der Waals surface area contributed by atoms with Crippen molar-refractivity contribution in [3.8, 4) is 5.75 Å². The predicted molar refractivity (Wildman–Crippen MR) is 64.2 cm³/mol. The Morgan fingerprint density at radius 2 is 2.41 bits per heavy atom. The summed E-state index contributed by atoms with van der Waals surface area (Å²) in [5.41, 5.74) is 0.660. The smallest absolute Gasteiger partial charge is 0.130 e. The first-order chi connectivity index (χ1) is 8.31. The molecule has 2 unspecified atom stereocenters. The Kier molecular flexibility index (Phi) is 2.50. The summed E-state index contributed by atoms with van der Waals surface area (Å²) in [4.78, 5) is 4.41. The summed E-state index contributed by atoms with van der Waals surface area (Å²) in [6.45, 7) is 3.66. The standard InChI is InChI=1S/C13H15FN2O/c1-2-9-12(13-15-6-7-16-13)11-8(14)4-3-5-10(11)17-9/h3-5,9,12H,2,6-7H2,1H3,(H,15,16). The lowest BCUT2D eigenvalue weighted by Crippen LogP contribution is -2.32. The number of ether oxygens (including phenoxy) is 1. The van der Waals surface area contributed by atoms with E-state index < -0.39 is 0 Å². The third-order valence-electron chi connectivity index (χ3n) is 3.37. The van der Waals surface area contributed by atoms with Gasteiger partial charge in [0.1, 0.15) is 23.5 Å². The molecule has 2 aliphatic heterocycles. The van der Waals surface area contributed by atoms with Crippen molar-refractivity contribution >= 4 is 5.84 Å². The van der Waals surface area contributed by atoms with Gasteiger partial charge in [0.25, 0.3) is 0 Å². The maximum absolute atomic E-state index is 13.9. The van der Waals surface area contributed by atoms with Crippen LogP contribution in [-0.4, -0.2) is 25.0 Å². The molecule has 0 spiro atoms. The maximum atomic E-state index is 13.9. The van der Waals surface area contributed by atoms with E-state index in [-0.39, 0.29) is 17.8 Å². The number of rotatable bonds is 2. The van der Waals surface area contributed by atoms with Gasteiger partial charge in [-0.25, -0.2) is 4.39 Å². The largest absolute Gasteiger partial charge is 0.489 e. The zero-order chi connectivity index (χ0) is 11.8. The molecule has 0 saturated carbocycles. The molecule has 1 N–H and O–H groups in total. The van der Waals surface area contributed by atoms with E-state index in [4.69, 9.17) is 4.74 Å². The van der Waals surface area contributed by atoms with Crippen LogP contribution in [0.5, 0.6) is 5.75 Å². The molecule has 0 amide bonds. The van der Waals surface area contributed by atoms with E-state index in [1.165, 1.54) is 6.07 Å². The van der Waals surface area contributed by atoms with Gasteiger partial charge in [0.15, 0.2) is 0 Å². The van der Waals surface area contributed by atoms with Crippen LogP contribution < -0.4 is 10.1 Å². The monoisotopic (exact) mass is 234 g/mol. The van der Waals surface area contributed by atoms with Crippen molar-refractivity contribution in [2.45, 2.75) is 25.4 Å².